The molecule has 5 heteroatoms. The lowest BCUT2D eigenvalue weighted by Gasteiger charge is -2.21. The van der Waals surface area contributed by atoms with Gasteiger partial charge in [0, 0.05) is 31.4 Å². The molecule has 0 unspecified atom stereocenters. The molecule has 2 rings (SSSR count). The zero-order chi connectivity index (χ0) is 12.3. The van der Waals surface area contributed by atoms with Crippen LogP contribution in [0.15, 0.2) is 18.3 Å². The van der Waals surface area contributed by atoms with Gasteiger partial charge in [0.25, 0.3) is 0 Å². The van der Waals surface area contributed by atoms with Crippen molar-refractivity contribution >= 4 is 11.7 Å². The van der Waals surface area contributed by atoms with Crippen LogP contribution in [-0.2, 0) is 0 Å². The molecule has 17 heavy (non-hydrogen) atoms. The summed E-state index contributed by atoms with van der Waals surface area (Å²) in [7, 11) is 2.14. The fourth-order valence-corrected chi connectivity index (χ4v) is 2.03. The highest BCUT2D eigenvalue weighted by Crippen LogP contribution is 2.14. The molecular weight excluding hydrogens is 214 g/mol. The quantitative estimate of drug-likeness (QED) is 0.577. The van der Waals surface area contributed by atoms with Crippen LogP contribution in [0.5, 0.6) is 0 Å². The van der Waals surface area contributed by atoms with Crippen molar-refractivity contribution in [1.82, 2.24) is 9.88 Å². The molecule has 1 aromatic rings. The van der Waals surface area contributed by atoms with Gasteiger partial charge in [-0.1, -0.05) is 0 Å². The Bertz CT molecular complexity index is 404. The van der Waals surface area contributed by atoms with Gasteiger partial charge in [0.2, 0.25) is 0 Å². The number of hydrogen-bond acceptors (Lipinski definition) is 4. The van der Waals surface area contributed by atoms with Crippen molar-refractivity contribution in [3.05, 3.63) is 23.9 Å². The lowest BCUT2D eigenvalue weighted by atomic mass is 10.2. The smallest absolute Gasteiger partial charge is 0.129 e. The Kier molecular flexibility index (Phi) is 3.58. The van der Waals surface area contributed by atoms with Crippen molar-refractivity contribution in [3.8, 4) is 0 Å². The minimum Gasteiger partial charge on any atom is -0.384 e. The molecule has 0 atom stereocenters. The lowest BCUT2D eigenvalue weighted by Crippen LogP contribution is -2.29. The Morgan fingerprint density at radius 3 is 2.94 bits per heavy atom. The third-order valence-electron chi connectivity index (χ3n) is 3.10. The molecule has 0 amide bonds. The molecule has 0 aliphatic carbocycles. The van der Waals surface area contributed by atoms with E-state index in [4.69, 9.17) is 11.1 Å². The zero-order valence-electron chi connectivity index (χ0n) is 10.2. The number of amidine groups is 1. The molecule has 0 radical (unpaired) electrons. The summed E-state index contributed by atoms with van der Waals surface area (Å²) in [6, 6.07) is 3.67. The summed E-state index contributed by atoms with van der Waals surface area (Å²) in [6.07, 6.45) is 2.86. The average molecular weight is 233 g/mol. The highest BCUT2D eigenvalue weighted by Gasteiger charge is 2.13. The van der Waals surface area contributed by atoms with Crippen LogP contribution in [0.3, 0.4) is 0 Å². The number of nitrogens with one attached hydrogen (secondary N) is 1. The van der Waals surface area contributed by atoms with Crippen molar-refractivity contribution < 1.29 is 0 Å². The zero-order valence-corrected chi connectivity index (χ0v) is 10.2. The second-order valence-corrected chi connectivity index (χ2v) is 4.46. The normalized spacial score (nSPS) is 17.8. The average Bonchev–Trinajstić information content (AvgIpc) is 2.54. The largest absolute Gasteiger partial charge is 0.384 e. The van der Waals surface area contributed by atoms with Crippen LogP contribution in [-0.4, -0.2) is 48.9 Å². The number of nitrogen functional groups attached to an aromatic ring is 1. The van der Waals surface area contributed by atoms with Gasteiger partial charge in [-0.15, -0.1) is 0 Å². The summed E-state index contributed by atoms with van der Waals surface area (Å²) in [5.41, 5.74) is 6.24. The number of aromatic nitrogens is 1. The van der Waals surface area contributed by atoms with Gasteiger partial charge in [0.15, 0.2) is 0 Å². The van der Waals surface area contributed by atoms with Crippen LogP contribution >= 0.6 is 0 Å². The number of pyridine rings is 1. The van der Waals surface area contributed by atoms with Crippen molar-refractivity contribution in [2.75, 3.05) is 38.1 Å². The Morgan fingerprint density at radius 2 is 2.18 bits per heavy atom. The SMILES string of the molecule is CN1CCCN(c2cc(C(=N)N)ccn2)CC1. The second-order valence-electron chi connectivity index (χ2n) is 4.46. The van der Waals surface area contributed by atoms with Crippen LogP contribution in [0, 0.1) is 5.41 Å². The molecule has 1 aliphatic rings. The van der Waals surface area contributed by atoms with Gasteiger partial charge < -0.3 is 15.5 Å². The molecule has 1 fully saturated rings. The fraction of sp³-hybridized carbons (Fsp3) is 0.500. The minimum atomic E-state index is 0.0978. The van der Waals surface area contributed by atoms with E-state index in [0.717, 1.165) is 44.0 Å². The predicted molar refractivity (Wildman–Crippen MR) is 69.6 cm³/mol. The first-order valence-corrected chi connectivity index (χ1v) is 5.91. The van der Waals surface area contributed by atoms with Crippen LogP contribution in [0.2, 0.25) is 0 Å². The van der Waals surface area contributed by atoms with E-state index in [1.807, 2.05) is 6.07 Å². The van der Waals surface area contributed by atoms with E-state index in [2.05, 4.69) is 21.8 Å². The molecule has 1 aliphatic heterocycles. The summed E-state index contributed by atoms with van der Waals surface area (Å²) in [6.45, 7) is 4.17. The van der Waals surface area contributed by atoms with Crippen molar-refractivity contribution in [2.45, 2.75) is 6.42 Å². The first-order chi connectivity index (χ1) is 8.16. The van der Waals surface area contributed by atoms with E-state index in [-0.39, 0.29) is 5.84 Å². The Hall–Kier alpha value is -1.62. The maximum absolute atomic E-state index is 7.44. The highest BCUT2D eigenvalue weighted by molar-refractivity contribution is 5.95. The number of hydrogen-bond donors (Lipinski definition) is 2. The number of anilines is 1. The highest BCUT2D eigenvalue weighted by atomic mass is 15.2. The summed E-state index contributed by atoms with van der Waals surface area (Å²) >= 11 is 0. The Balaban J connectivity index is 2.15. The van der Waals surface area contributed by atoms with E-state index in [9.17, 15) is 0 Å². The topological polar surface area (TPSA) is 69.2 Å². The molecule has 0 bridgehead atoms. The van der Waals surface area contributed by atoms with Gasteiger partial charge in [-0.2, -0.15) is 0 Å². The first kappa shape index (κ1) is 11.9. The molecule has 0 saturated carbocycles. The van der Waals surface area contributed by atoms with Gasteiger partial charge in [-0.3, -0.25) is 5.41 Å². The first-order valence-electron chi connectivity index (χ1n) is 5.91. The van der Waals surface area contributed by atoms with Gasteiger partial charge in [-0.05, 0) is 32.1 Å². The number of nitrogens with two attached hydrogens (primary N) is 1. The van der Waals surface area contributed by atoms with Crippen molar-refractivity contribution in [3.63, 3.8) is 0 Å². The van der Waals surface area contributed by atoms with Crippen LogP contribution in [0.1, 0.15) is 12.0 Å². The molecule has 92 valence electrons. The summed E-state index contributed by atoms with van der Waals surface area (Å²) in [5.74, 6) is 1.02. The standard InChI is InChI=1S/C12H19N5/c1-16-5-2-6-17(8-7-16)11-9-10(12(13)14)3-4-15-11/h3-4,9H,2,5-8H2,1H3,(H3,13,14). The molecule has 1 aromatic heterocycles. The van der Waals surface area contributed by atoms with E-state index < -0.39 is 0 Å². The number of rotatable bonds is 2. The second kappa shape index (κ2) is 5.14. The Morgan fingerprint density at radius 1 is 1.35 bits per heavy atom. The van der Waals surface area contributed by atoms with Crippen LogP contribution < -0.4 is 10.6 Å². The molecular formula is C12H19N5. The van der Waals surface area contributed by atoms with Crippen molar-refractivity contribution in [2.24, 2.45) is 5.73 Å². The third kappa shape index (κ3) is 2.94. The van der Waals surface area contributed by atoms with Gasteiger partial charge in [-0.25, -0.2) is 4.98 Å². The van der Waals surface area contributed by atoms with Crippen molar-refractivity contribution in [1.29, 1.82) is 5.41 Å². The maximum atomic E-state index is 7.44. The number of likely N-dealkylation sites (N-methyl/N-ethyl adjacent to an activating group) is 1. The van der Waals surface area contributed by atoms with Gasteiger partial charge in [0.05, 0.1) is 0 Å². The maximum Gasteiger partial charge on any atom is 0.129 e. The minimum absolute atomic E-state index is 0.0978. The van der Waals surface area contributed by atoms with E-state index in [1.165, 1.54) is 0 Å². The lowest BCUT2D eigenvalue weighted by molar-refractivity contribution is 0.360. The van der Waals surface area contributed by atoms with Crippen LogP contribution in [0.4, 0.5) is 5.82 Å². The molecule has 1 saturated heterocycles. The van der Waals surface area contributed by atoms with E-state index in [1.54, 1.807) is 12.3 Å². The summed E-state index contributed by atoms with van der Waals surface area (Å²) in [5, 5.41) is 7.44. The Labute approximate surface area is 102 Å². The van der Waals surface area contributed by atoms with E-state index >= 15 is 0 Å². The van der Waals surface area contributed by atoms with Crippen LogP contribution in [0.25, 0.3) is 0 Å². The molecule has 2 heterocycles. The molecule has 0 aromatic carbocycles. The summed E-state index contributed by atoms with van der Waals surface area (Å²) < 4.78 is 0. The predicted octanol–water partition coefficient (Wildman–Crippen LogP) is 0.508. The van der Waals surface area contributed by atoms with Gasteiger partial charge >= 0.3 is 0 Å². The fourth-order valence-electron chi connectivity index (χ4n) is 2.03. The number of nitrogens with zero attached hydrogens (tertiary/aromatic N) is 3. The molecule has 5 nitrogen and oxygen atoms in total. The monoisotopic (exact) mass is 233 g/mol. The summed E-state index contributed by atoms with van der Waals surface area (Å²) in [4.78, 5) is 8.96. The van der Waals surface area contributed by atoms with Gasteiger partial charge in [0.1, 0.15) is 11.7 Å². The third-order valence-corrected chi connectivity index (χ3v) is 3.10. The van der Waals surface area contributed by atoms with E-state index in [0.29, 0.717) is 0 Å². The molecule has 3 N–H and O–H groups in total. The molecule has 0 spiro atoms.